The molecule has 1 aromatic carbocycles. The third kappa shape index (κ3) is 3.58. The van der Waals surface area contributed by atoms with Crippen molar-refractivity contribution in [3.63, 3.8) is 0 Å². The summed E-state index contributed by atoms with van der Waals surface area (Å²) < 4.78 is 0. The number of halogens is 1. The van der Waals surface area contributed by atoms with Gasteiger partial charge in [-0.1, -0.05) is 0 Å². The maximum absolute atomic E-state index is 10.8. The van der Waals surface area contributed by atoms with Crippen molar-refractivity contribution in [1.82, 2.24) is 4.98 Å². The molecule has 0 spiro atoms. The van der Waals surface area contributed by atoms with E-state index >= 15 is 0 Å². The molecule has 0 atom stereocenters. The Kier molecular flexibility index (Phi) is 4.55. The van der Waals surface area contributed by atoms with Crippen LogP contribution in [0.15, 0.2) is 22.6 Å². The Morgan fingerprint density at radius 3 is 2.95 bits per heavy atom. The molecule has 0 aliphatic carbocycles. The summed E-state index contributed by atoms with van der Waals surface area (Å²) in [5.74, 6) is 0.158. The molecule has 0 aliphatic rings. The van der Waals surface area contributed by atoms with E-state index < -0.39 is 4.92 Å². The molecule has 0 unspecified atom stereocenters. The van der Waals surface area contributed by atoms with Gasteiger partial charge in [0.15, 0.2) is 0 Å². The van der Waals surface area contributed by atoms with Gasteiger partial charge in [-0.05, 0) is 0 Å². The molecule has 0 radical (unpaired) electrons. The van der Waals surface area contributed by atoms with Crippen molar-refractivity contribution in [2.45, 2.75) is 5.88 Å². The lowest BCUT2D eigenvalue weighted by atomic mass is 10.1. The van der Waals surface area contributed by atoms with Crippen LogP contribution in [0.4, 0.5) is 16.6 Å². The van der Waals surface area contributed by atoms with E-state index in [0.717, 1.165) is 0 Å². The number of nitrogens with one attached hydrogen (secondary N) is 1. The lowest BCUT2D eigenvalue weighted by molar-refractivity contribution is -0.384. The number of anilines is 2. The number of benzene rings is 1. The zero-order chi connectivity index (χ0) is 15.4. The van der Waals surface area contributed by atoms with Gasteiger partial charge < -0.3 is 10.8 Å². The van der Waals surface area contributed by atoms with Crippen molar-refractivity contribution in [1.29, 1.82) is 0 Å². The number of aromatic nitrogens is 1. The first-order valence-corrected chi connectivity index (χ1v) is 6.99. The molecule has 21 heavy (non-hydrogen) atoms. The Bertz CT molecular complexity index is 703. The molecule has 2 aromatic rings. The monoisotopic (exact) mass is 327 g/mol. The van der Waals surface area contributed by atoms with Crippen molar-refractivity contribution in [2.24, 2.45) is 5.10 Å². The van der Waals surface area contributed by atoms with Gasteiger partial charge in [0, 0.05) is 28.6 Å². The molecule has 0 amide bonds. The van der Waals surface area contributed by atoms with Gasteiger partial charge in [-0.3, -0.25) is 15.5 Å². The zero-order valence-corrected chi connectivity index (χ0v) is 12.1. The molecule has 10 heteroatoms. The first-order chi connectivity index (χ1) is 10.0. The highest BCUT2D eigenvalue weighted by Gasteiger charge is 2.14. The summed E-state index contributed by atoms with van der Waals surface area (Å²) in [7, 11) is 0. The minimum absolute atomic E-state index is 0.0508. The Morgan fingerprint density at radius 1 is 1.62 bits per heavy atom. The highest BCUT2D eigenvalue weighted by atomic mass is 35.5. The number of nitrogen functional groups attached to an aromatic ring is 1. The topological polar surface area (TPSA) is 127 Å². The molecule has 1 heterocycles. The number of aromatic hydroxyl groups is 1. The van der Waals surface area contributed by atoms with E-state index in [0.29, 0.717) is 10.9 Å². The van der Waals surface area contributed by atoms with Crippen LogP contribution in [0, 0.1) is 10.1 Å². The van der Waals surface area contributed by atoms with Crippen LogP contribution in [-0.2, 0) is 5.88 Å². The summed E-state index contributed by atoms with van der Waals surface area (Å²) >= 11 is 6.90. The Balaban J connectivity index is 2.25. The van der Waals surface area contributed by atoms with Crippen molar-refractivity contribution >= 4 is 45.8 Å². The number of nitro benzene ring substituents is 1. The van der Waals surface area contributed by atoms with Gasteiger partial charge in [0.05, 0.1) is 17.0 Å². The van der Waals surface area contributed by atoms with E-state index in [1.54, 1.807) is 5.38 Å². The fourth-order valence-electron chi connectivity index (χ4n) is 1.50. The molecule has 8 nitrogen and oxygen atoms in total. The standard InChI is InChI=1S/C11H10ClN5O3S/c12-3-6-1-8(17(19)20)2-7(10(6)18)4-14-16-11-15-9(13)5-21-11/h1-2,4-5,18H,3,13H2,(H,15,16). The van der Waals surface area contributed by atoms with Crippen LogP contribution in [0.1, 0.15) is 11.1 Å². The van der Waals surface area contributed by atoms with E-state index in [9.17, 15) is 15.2 Å². The van der Waals surface area contributed by atoms with Crippen LogP contribution in [0.25, 0.3) is 0 Å². The number of nitrogens with zero attached hydrogens (tertiary/aromatic N) is 3. The summed E-state index contributed by atoms with van der Waals surface area (Å²) in [5, 5.41) is 26.7. The van der Waals surface area contributed by atoms with Gasteiger partial charge in [-0.2, -0.15) is 5.10 Å². The predicted molar refractivity (Wildman–Crippen MR) is 82.1 cm³/mol. The Hall–Kier alpha value is -2.39. The summed E-state index contributed by atoms with van der Waals surface area (Å²) in [6, 6.07) is 2.42. The number of nitrogens with two attached hydrogens (primary N) is 1. The molecular weight excluding hydrogens is 318 g/mol. The predicted octanol–water partition coefficient (Wildman–Crippen LogP) is 2.52. The van der Waals surface area contributed by atoms with Crippen molar-refractivity contribution in [3.8, 4) is 5.75 Å². The molecule has 0 fully saturated rings. The van der Waals surface area contributed by atoms with E-state index in [1.165, 1.54) is 29.7 Å². The Morgan fingerprint density at radius 2 is 2.38 bits per heavy atom. The second-order valence-electron chi connectivity index (χ2n) is 3.88. The fourth-order valence-corrected chi connectivity index (χ4v) is 2.25. The van der Waals surface area contributed by atoms with Gasteiger partial charge in [0.2, 0.25) is 5.13 Å². The number of thiazole rings is 1. The number of rotatable bonds is 5. The highest BCUT2D eigenvalue weighted by molar-refractivity contribution is 7.14. The molecular formula is C11H10ClN5O3S. The maximum Gasteiger partial charge on any atom is 0.270 e. The average Bonchev–Trinajstić information content (AvgIpc) is 2.86. The van der Waals surface area contributed by atoms with E-state index in [-0.39, 0.29) is 28.4 Å². The molecule has 2 rings (SSSR count). The van der Waals surface area contributed by atoms with Gasteiger partial charge in [-0.25, -0.2) is 4.98 Å². The number of alkyl halides is 1. The van der Waals surface area contributed by atoms with Gasteiger partial charge >= 0.3 is 0 Å². The Labute approximate surface area is 128 Å². The summed E-state index contributed by atoms with van der Waals surface area (Å²) in [4.78, 5) is 14.2. The zero-order valence-electron chi connectivity index (χ0n) is 10.5. The van der Waals surface area contributed by atoms with Crippen LogP contribution in [0.5, 0.6) is 5.75 Å². The van der Waals surface area contributed by atoms with E-state index in [2.05, 4.69) is 15.5 Å². The highest BCUT2D eigenvalue weighted by Crippen LogP contribution is 2.28. The van der Waals surface area contributed by atoms with Gasteiger partial charge in [0.1, 0.15) is 11.6 Å². The first-order valence-electron chi connectivity index (χ1n) is 5.57. The summed E-state index contributed by atoms with van der Waals surface area (Å²) in [6.07, 6.45) is 1.25. The minimum atomic E-state index is -0.568. The average molecular weight is 328 g/mol. The van der Waals surface area contributed by atoms with Crippen LogP contribution in [0.3, 0.4) is 0 Å². The van der Waals surface area contributed by atoms with E-state index in [1.807, 2.05) is 0 Å². The van der Waals surface area contributed by atoms with Crippen LogP contribution >= 0.6 is 22.9 Å². The molecule has 0 aliphatic heterocycles. The van der Waals surface area contributed by atoms with Crippen LogP contribution < -0.4 is 11.2 Å². The van der Waals surface area contributed by atoms with Crippen molar-refractivity contribution < 1.29 is 10.0 Å². The maximum atomic E-state index is 10.8. The molecule has 0 saturated carbocycles. The molecule has 0 saturated heterocycles. The fraction of sp³-hybridized carbons (Fsp3) is 0.0909. The third-order valence-electron chi connectivity index (χ3n) is 2.44. The number of phenols is 1. The number of non-ortho nitro benzene ring substituents is 1. The molecule has 110 valence electrons. The lowest BCUT2D eigenvalue weighted by Gasteiger charge is -2.04. The van der Waals surface area contributed by atoms with Gasteiger partial charge in [-0.15, -0.1) is 22.9 Å². The second kappa shape index (κ2) is 6.37. The molecule has 0 bridgehead atoms. The van der Waals surface area contributed by atoms with Crippen molar-refractivity contribution in [2.75, 3.05) is 11.2 Å². The van der Waals surface area contributed by atoms with Crippen molar-refractivity contribution in [3.05, 3.63) is 38.8 Å². The number of hydrogen-bond donors (Lipinski definition) is 3. The van der Waals surface area contributed by atoms with Crippen LogP contribution in [-0.4, -0.2) is 21.2 Å². The number of hydrazone groups is 1. The summed E-state index contributed by atoms with van der Waals surface area (Å²) in [5.41, 5.74) is 8.32. The normalized spacial score (nSPS) is 10.9. The van der Waals surface area contributed by atoms with Gasteiger partial charge in [0.25, 0.3) is 5.69 Å². The smallest absolute Gasteiger partial charge is 0.270 e. The third-order valence-corrected chi connectivity index (χ3v) is 3.50. The second-order valence-corrected chi connectivity index (χ2v) is 5.01. The SMILES string of the molecule is Nc1csc(NN=Cc2cc([N+](=O)[O-])cc(CCl)c2O)n1. The number of hydrogen-bond acceptors (Lipinski definition) is 8. The van der Waals surface area contributed by atoms with E-state index in [4.69, 9.17) is 17.3 Å². The summed E-state index contributed by atoms with van der Waals surface area (Å²) in [6.45, 7) is 0. The number of phenolic OH excluding ortho intramolecular Hbond substituents is 1. The first kappa shape index (κ1) is 15.0. The minimum Gasteiger partial charge on any atom is -0.507 e. The van der Waals surface area contributed by atoms with Crippen LogP contribution in [0.2, 0.25) is 0 Å². The molecule has 1 aromatic heterocycles. The molecule has 4 N–H and O–H groups in total. The largest absolute Gasteiger partial charge is 0.507 e. The quantitative estimate of drug-likeness (QED) is 0.335. The number of nitro groups is 1. The lowest BCUT2D eigenvalue weighted by Crippen LogP contribution is -1.96.